The number of hydrogen-bond donors (Lipinski definition) is 0. The van der Waals surface area contributed by atoms with Gasteiger partial charge in [-0.1, -0.05) is 13.8 Å². The topological polar surface area (TPSA) is 195 Å². The predicted molar refractivity (Wildman–Crippen MR) is 184 cm³/mol. The quantitative estimate of drug-likeness (QED) is 0.176. The van der Waals surface area contributed by atoms with E-state index in [2.05, 4.69) is 0 Å². The van der Waals surface area contributed by atoms with Gasteiger partial charge in [-0.3, -0.25) is 9.59 Å². The lowest BCUT2D eigenvalue weighted by Crippen LogP contribution is -2.81. The van der Waals surface area contributed by atoms with Crippen LogP contribution in [0.2, 0.25) is 0 Å². The zero-order valence-electron chi connectivity index (χ0n) is 33.6. The Kier molecular flexibility index (Phi) is 9.90. The Morgan fingerprint density at radius 1 is 0.778 bits per heavy atom. The molecule has 5 aliphatic rings. The van der Waals surface area contributed by atoms with Gasteiger partial charge in [0, 0.05) is 25.2 Å². The number of rotatable bonds is 4. The molecule has 2 aliphatic heterocycles. The average molecular weight is 767 g/mol. The van der Waals surface area contributed by atoms with E-state index >= 15 is 4.79 Å². The van der Waals surface area contributed by atoms with E-state index in [0.29, 0.717) is 5.57 Å². The van der Waals surface area contributed by atoms with Crippen molar-refractivity contribution in [2.45, 2.75) is 168 Å². The van der Waals surface area contributed by atoms with Crippen molar-refractivity contribution in [3.05, 3.63) is 11.1 Å². The van der Waals surface area contributed by atoms with Gasteiger partial charge in [0.2, 0.25) is 0 Å². The van der Waals surface area contributed by atoms with Crippen molar-refractivity contribution in [3.63, 3.8) is 0 Å². The van der Waals surface area contributed by atoms with Crippen molar-refractivity contribution in [1.82, 2.24) is 0 Å². The van der Waals surface area contributed by atoms with Crippen molar-refractivity contribution in [2.75, 3.05) is 6.61 Å². The standard InChI is InChI=1S/C38H54O16/c1-18-20(46-28(41)51-32(3,4)5)16-38-27(49-31(44)54-38)25-36(14,26(40)24(23(18)35(38,12)13)48-30(43)53-34(9,10)11)21(47-29(42)52-33(6,7)8)15-22-37(25,17-45-22)50-19(2)39/h20-22,24-25,27H,15-17H2,1-14H3/t20-,21-,22+,24+,25-,27-,36+,37-,38+/m0/s1. The number of Topliss-reactive ketones (excluding diaryl/α,β-unsaturated/α-hetero) is 1. The minimum Gasteiger partial charge on any atom is -0.453 e. The Labute approximate surface area is 315 Å². The van der Waals surface area contributed by atoms with Gasteiger partial charge < -0.3 is 47.4 Å². The van der Waals surface area contributed by atoms with Crippen LogP contribution in [0.5, 0.6) is 0 Å². The fourth-order valence-electron chi connectivity index (χ4n) is 8.88. The van der Waals surface area contributed by atoms with Gasteiger partial charge in [0.15, 0.2) is 29.2 Å². The lowest BCUT2D eigenvalue weighted by Gasteiger charge is -2.66. The van der Waals surface area contributed by atoms with E-state index in [1.165, 1.54) is 13.8 Å². The van der Waals surface area contributed by atoms with Crippen LogP contribution in [0.1, 0.15) is 110 Å². The largest absolute Gasteiger partial charge is 0.509 e. The van der Waals surface area contributed by atoms with Crippen LogP contribution in [0.25, 0.3) is 0 Å². The minimum atomic E-state index is -1.97. The summed E-state index contributed by atoms with van der Waals surface area (Å²) in [6, 6.07) is 0. The van der Waals surface area contributed by atoms with Crippen molar-refractivity contribution in [2.24, 2.45) is 16.7 Å². The van der Waals surface area contributed by atoms with Crippen LogP contribution in [0.15, 0.2) is 11.1 Å². The van der Waals surface area contributed by atoms with Gasteiger partial charge in [0.25, 0.3) is 0 Å². The van der Waals surface area contributed by atoms with E-state index in [1.54, 1.807) is 83.1 Å². The third-order valence-electron chi connectivity index (χ3n) is 10.9. The maximum absolute atomic E-state index is 15.8. The number of carbonyl (C=O) groups is 6. The molecule has 0 radical (unpaired) electrons. The van der Waals surface area contributed by atoms with E-state index < -0.39 is 112 Å². The highest BCUT2D eigenvalue weighted by Crippen LogP contribution is 2.67. The molecule has 0 unspecified atom stereocenters. The number of hydrogen-bond acceptors (Lipinski definition) is 16. The Morgan fingerprint density at radius 3 is 1.78 bits per heavy atom. The molecule has 0 amide bonds. The molecular formula is C38H54O16. The fourth-order valence-corrected chi connectivity index (χ4v) is 8.88. The monoisotopic (exact) mass is 766 g/mol. The zero-order chi connectivity index (χ0) is 40.8. The first-order valence-corrected chi connectivity index (χ1v) is 18.1. The summed E-state index contributed by atoms with van der Waals surface area (Å²) < 4.78 is 58.8. The molecule has 0 aromatic rings. The lowest BCUT2D eigenvalue weighted by molar-refractivity contribution is -0.337. The van der Waals surface area contributed by atoms with E-state index in [1.807, 2.05) is 0 Å². The highest BCUT2D eigenvalue weighted by molar-refractivity contribution is 5.95. The average Bonchev–Trinajstić information content (AvgIpc) is 3.28. The van der Waals surface area contributed by atoms with Gasteiger partial charge in [-0.05, 0) is 87.3 Å². The Balaban J connectivity index is 1.82. The molecular weight excluding hydrogens is 712 g/mol. The van der Waals surface area contributed by atoms with Gasteiger partial charge >= 0.3 is 30.6 Å². The lowest BCUT2D eigenvalue weighted by atomic mass is 9.44. The summed E-state index contributed by atoms with van der Waals surface area (Å²) in [6.45, 7) is 22.2. The van der Waals surface area contributed by atoms with Crippen LogP contribution >= 0.6 is 0 Å². The molecule has 16 nitrogen and oxygen atoms in total. The SMILES string of the molecule is CC(=O)O[C@@]12CO[C@@H]1C[C@H](OC(=O)OC(C)(C)C)[C@@]1(C)C(=O)[C@H](OC(=O)OC(C)(C)C)C3=C(C)[C@@H](OC(=O)OC(C)(C)C)C[C@]4(OC(=O)O[C@H]4[C@H]21)C3(C)C. The van der Waals surface area contributed by atoms with Crippen LogP contribution in [0, 0.1) is 16.7 Å². The fraction of sp³-hybridized carbons (Fsp3) is 0.789. The second-order valence-corrected chi connectivity index (χ2v) is 18.5. The molecule has 2 saturated heterocycles. The second-order valence-electron chi connectivity index (χ2n) is 18.5. The van der Waals surface area contributed by atoms with Crippen LogP contribution in [-0.2, 0) is 57.0 Å². The van der Waals surface area contributed by atoms with E-state index in [-0.39, 0.29) is 25.0 Å². The van der Waals surface area contributed by atoms with Crippen LogP contribution in [0.4, 0.5) is 19.2 Å². The Hall–Kier alpha value is -4.08. The summed E-state index contributed by atoms with van der Waals surface area (Å²) in [6.07, 6.45) is -11.7. The number of ketones is 1. The summed E-state index contributed by atoms with van der Waals surface area (Å²) in [5.41, 5.74) is -9.36. The van der Waals surface area contributed by atoms with Gasteiger partial charge in [0.05, 0.1) is 17.9 Å². The molecule has 4 fully saturated rings. The molecule has 5 rings (SSSR count). The first-order valence-electron chi connectivity index (χ1n) is 18.1. The highest BCUT2D eigenvalue weighted by Gasteiger charge is 2.81. The highest BCUT2D eigenvalue weighted by atomic mass is 16.8. The molecule has 3 aliphatic carbocycles. The summed E-state index contributed by atoms with van der Waals surface area (Å²) in [7, 11) is 0. The second kappa shape index (κ2) is 13.0. The maximum Gasteiger partial charge on any atom is 0.509 e. The summed E-state index contributed by atoms with van der Waals surface area (Å²) in [5, 5.41) is 0. The summed E-state index contributed by atoms with van der Waals surface area (Å²) in [5.74, 6) is -2.89. The maximum atomic E-state index is 15.8. The molecule has 2 bridgehead atoms. The van der Waals surface area contributed by atoms with Gasteiger partial charge in [-0.15, -0.1) is 0 Å². The van der Waals surface area contributed by atoms with Gasteiger partial charge in [-0.25, -0.2) is 19.2 Å². The molecule has 0 aromatic carbocycles. The molecule has 0 aromatic heterocycles. The molecule has 2 saturated carbocycles. The molecule has 0 N–H and O–H groups in total. The smallest absolute Gasteiger partial charge is 0.453 e. The molecule has 1 spiro atoms. The number of esters is 1. The molecule has 16 heteroatoms. The zero-order valence-corrected chi connectivity index (χ0v) is 33.6. The normalized spacial score (nSPS) is 35.5. The Morgan fingerprint density at radius 2 is 1.30 bits per heavy atom. The predicted octanol–water partition coefficient (Wildman–Crippen LogP) is 6.28. The van der Waals surface area contributed by atoms with Crippen molar-refractivity contribution in [1.29, 1.82) is 0 Å². The number of ether oxygens (including phenoxy) is 10. The third kappa shape index (κ3) is 6.98. The first-order chi connectivity index (χ1) is 24.5. The third-order valence-corrected chi connectivity index (χ3v) is 10.9. The number of carbonyl (C=O) groups excluding carboxylic acids is 6. The van der Waals surface area contributed by atoms with E-state index in [0.717, 1.165) is 0 Å². The Bertz CT molecular complexity index is 1640. The van der Waals surface area contributed by atoms with E-state index in [9.17, 15) is 24.0 Å². The summed E-state index contributed by atoms with van der Waals surface area (Å²) in [4.78, 5) is 82.5. The molecule has 2 heterocycles. The molecule has 54 heavy (non-hydrogen) atoms. The first kappa shape index (κ1) is 41.1. The van der Waals surface area contributed by atoms with E-state index in [4.69, 9.17) is 47.4 Å². The van der Waals surface area contributed by atoms with Gasteiger partial charge in [0.1, 0.15) is 35.1 Å². The summed E-state index contributed by atoms with van der Waals surface area (Å²) >= 11 is 0. The van der Waals surface area contributed by atoms with Crippen LogP contribution in [0.3, 0.4) is 0 Å². The molecule has 302 valence electrons. The van der Waals surface area contributed by atoms with Gasteiger partial charge in [-0.2, -0.15) is 0 Å². The number of fused-ring (bicyclic) bond motifs is 5. The van der Waals surface area contributed by atoms with Crippen LogP contribution < -0.4 is 0 Å². The molecule has 9 atom stereocenters. The van der Waals surface area contributed by atoms with Crippen molar-refractivity contribution >= 4 is 36.4 Å². The van der Waals surface area contributed by atoms with Crippen molar-refractivity contribution < 1.29 is 76.1 Å². The minimum absolute atomic E-state index is 0.130. The van der Waals surface area contributed by atoms with Crippen LogP contribution in [-0.4, -0.2) is 102 Å². The van der Waals surface area contributed by atoms with Crippen molar-refractivity contribution in [3.8, 4) is 0 Å².